The molecular weight excluding hydrogens is 401 g/mol. The molecule has 0 spiro atoms. The first kappa shape index (κ1) is 21.2. The first-order chi connectivity index (χ1) is 14.2. The minimum Gasteiger partial charge on any atom is -0.507 e. The number of amides is 1. The van der Waals surface area contributed by atoms with Gasteiger partial charge in [-0.05, 0) is 29.8 Å². The summed E-state index contributed by atoms with van der Waals surface area (Å²) in [6.07, 6.45) is 1.39. The highest BCUT2D eigenvalue weighted by molar-refractivity contribution is 5.93. The predicted octanol–water partition coefficient (Wildman–Crippen LogP) is 4.19. The van der Waals surface area contributed by atoms with Gasteiger partial charge in [0.25, 0.3) is 0 Å². The number of phenols is 1. The number of anilines is 1. The number of rotatable bonds is 6. The summed E-state index contributed by atoms with van der Waals surface area (Å²) in [5.41, 5.74) is 0.697. The van der Waals surface area contributed by atoms with Crippen LogP contribution in [0.2, 0.25) is 0 Å². The number of carbonyl (C=O) groups excluding carboxylic acids is 1. The van der Waals surface area contributed by atoms with E-state index in [0.717, 1.165) is 16.8 Å². The molecule has 3 rings (SSSR count). The van der Waals surface area contributed by atoms with Crippen LogP contribution in [-0.4, -0.2) is 32.4 Å². The standard InChI is InChI=1S/C20H19F3N4O3/c1-10(2)18(29)25-15-8-11(6-7-24-15)16-17(13-5-4-12(21)9-14(13)28)26-27(3)19(16)30-20(22)23/h4-10,20,28H,1-3H3,(H,24,25,29). The molecule has 2 aromatic heterocycles. The van der Waals surface area contributed by atoms with Crippen LogP contribution in [-0.2, 0) is 11.8 Å². The van der Waals surface area contributed by atoms with Crippen LogP contribution < -0.4 is 10.1 Å². The van der Waals surface area contributed by atoms with Crippen molar-refractivity contribution < 1.29 is 27.8 Å². The Hall–Kier alpha value is -3.56. The maximum absolute atomic E-state index is 13.4. The number of hydrogen-bond donors (Lipinski definition) is 2. The Labute approximate surface area is 170 Å². The number of aromatic nitrogens is 3. The van der Waals surface area contributed by atoms with Gasteiger partial charge in [0.1, 0.15) is 23.1 Å². The van der Waals surface area contributed by atoms with Crippen molar-refractivity contribution in [2.45, 2.75) is 20.5 Å². The summed E-state index contributed by atoms with van der Waals surface area (Å²) in [6.45, 7) is 0.296. The number of hydrogen-bond acceptors (Lipinski definition) is 5. The van der Waals surface area contributed by atoms with Crippen molar-refractivity contribution in [3.05, 3.63) is 42.3 Å². The molecule has 1 aromatic carbocycles. The minimum absolute atomic E-state index is 0.0954. The Bertz CT molecular complexity index is 1080. The average Bonchev–Trinajstić information content (AvgIpc) is 2.97. The molecular formula is C20H19F3N4O3. The number of carbonyl (C=O) groups is 1. The number of aryl methyl sites for hydroxylation is 1. The van der Waals surface area contributed by atoms with Crippen molar-refractivity contribution in [1.29, 1.82) is 0 Å². The Morgan fingerprint density at radius 2 is 1.97 bits per heavy atom. The second kappa shape index (κ2) is 8.44. The van der Waals surface area contributed by atoms with Crippen LogP contribution >= 0.6 is 0 Å². The molecule has 0 saturated carbocycles. The third-order valence-electron chi connectivity index (χ3n) is 4.23. The molecule has 158 valence electrons. The van der Waals surface area contributed by atoms with Crippen LogP contribution in [0.5, 0.6) is 11.6 Å². The zero-order valence-corrected chi connectivity index (χ0v) is 16.4. The lowest BCUT2D eigenvalue weighted by Crippen LogP contribution is -2.18. The predicted molar refractivity (Wildman–Crippen MR) is 104 cm³/mol. The number of nitrogens with one attached hydrogen (secondary N) is 1. The van der Waals surface area contributed by atoms with E-state index in [9.17, 15) is 23.1 Å². The largest absolute Gasteiger partial charge is 0.507 e. The number of pyridine rings is 1. The van der Waals surface area contributed by atoms with Gasteiger partial charge in [-0.25, -0.2) is 14.1 Å². The lowest BCUT2D eigenvalue weighted by atomic mass is 10.0. The second-order valence-corrected chi connectivity index (χ2v) is 6.77. The number of halogens is 3. The molecule has 7 nitrogen and oxygen atoms in total. The first-order valence-corrected chi connectivity index (χ1v) is 8.95. The highest BCUT2D eigenvalue weighted by Gasteiger charge is 2.25. The van der Waals surface area contributed by atoms with E-state index < -0.39 is 18.2 Å². The highest BCUT2D eigenvalue weighted by atomic mass is 19.3. The Kier molecular flexibility index (Phi) is 5.95. The summed E-state index contributed by atoms with van der Waals surface area (Å²) >= 11 is 0. The van der Waals surface area contributed by atoms with E-state index in [1.165, 1.54) is 31.4 Å². The Balaban J connectivity index is 2.18. The van der Waals surface area contributed by atoms with Gasteiger partial charge >= 0.3 is 6.61 Å². The number of nitrogens with zero attached hydrogens (tertiary/aromatic N) is 3. The molecule has 2 N–H and O–H groups in total. The van der Waals surface area contributed by atoms with Crippen LogP contribution in [0.1, 0.15) is 13.8 Å². The molecule has 0 unspecified atom stereocenters. The molecule has 0 aliphatic rings. The number of ether oxygens (including phenoxy) is 1. The smallest absolute Gasteiger partial charge is 0.388 e. The van der Waals surface area contributed by atoms with E-state index in [1.807, 2.05) is 0 Å². The molecule has 3 aromatic rings. The lowest BCUT2D eigenvalue weighted by Gasteiger charge is -2.11. The van der Waals surface area contributed by atoms with Gasteiger partial charge in [0.05, 0.1) is 5.56 Å². The van der Waals surface area contributed by atoms with E-state index in [4.69, 9.17) is 0 Å². The van der Waals surface area contributed by atoms with E-state index in [0.29, 0.717) is 5.56 Å². The van der Waals surface area contributed by atoms with Gasteiger partial charge in [-0.1, -0.05) is 13.8 Å². The molecule has 0 fully saturated rings. The minimum atomic E-state index is -3.13. The number of alkyl halides is 2. The summed E-state index contributed by atoms with van der Waals surface area (Å²) in [6, 6.07) is 6.28. The van der Waals surface area contributed by atoms with Gasteiger partial charge in [0, 0.05) is 30.8 Å². The van der Waals surface area contributed by atoms with Crippen molar-refractivity contribution in [3.63, 3.8) is 0 Å². The molecule has 0 radical (unpaired) electrons. The van der Waals surface area contributed by atoms with Gasteiger partial charge in [-0.15, -0.1) is 0 Å². The van der Waals surface area contributed by atoms with Crippen molar-refractivity contribution in [2.75, 3.05) is 5.32 Å². The Morgan fingerprint density at radius 3 is 2.60 bits per heavy atom. The molecule has 0 bridgehead atoms. The molecule has 30 heavy (non-hydrogen) atoms. The monoisotopic (exact) mass is 420 g/mol. The zero-order valence-electron chi connectivity index (χ0n) is 16.4. The second-order valence-electron chi connectivity index (χ2n) is 6.77. The highest BCUT2D eigenvalue weighted by Crippen LogP contribution is 2.42. The lowest BCUT2D eigenvalue weighted by molar-refractivity contribution is -0.118. The molecule has 1 amide bonds. The van der Waals surface area contributed by atoms with Gasteiger partial charge < -0.3 is 15.2 Å². The summed E-state index contributed by atoms with van der Waals surface area (Å²) in [5, 5.41) is 17.0. The summed E-state index contributed by atoms with van der Waals surface area (Å²) < 4.78 is 45.3. The third kappa shape index (κ3) is 4.37. The van der Waals surface area contributed by atoms with Crippen LogP contribution in [0.4, 0.5) is 19.0 Å². The van der Waals surface area contributed by atoms with Crippen LogP contribution in [0.15, 0.2) is 36.5 Å². The first-order valence-electron chi connectivity index (χ1n) is 8.95. The quantitative estimate of drug-likeness (QED) is 0.624. The molecule has 0 atom stereocenters. The van der Waals surface area contributed by atoms with Gasteiger partial charge in [0.15, 0.2) is 0 Å². The number of aromatic hydroxyl groups is 1. The van der Waals surface area contributed by atoms with E-state index >= 15 is 0 Å². The van der Waals surface area contributed by atoms with E-state index in [2.05, 4.69) is 20.1 Å². The molecule has 0 saturated heterocycles. The number of phenolic OH excluding ortho intramolecular Hbond substituents is 1. The SMILES string of the molecule is CC(C)C(=O)Nc1cc(-c2c(-c3ccc(F)cc3O)nn(C)c2OC(F)F)ccn1. The van der Waals surface area contributed by atoms with E-state index in [1.54, 1.807) is 13.8 Å². The van der Waals surface area contributed by atoms with Crippen molar-refractivity contribution in [2.24, 2.45) is 13.0 Å². The van der Waals surface area contributed by atoms with Gasteiger partial charge in [0.2, 0.25) is 11.8 Å². The summed E-state index contributed by atoms with van der Waals surface area (Å²) in [5.74, 6) is -1.71. The van der Waals surface area contributed by atoms with Crippen LogP contribution in [0.3, 0.4) is 0 Å². The fourth-order valence-electron chi connectivity index (χ4n) is 2.81. The fraction of sp³-hybridized carbons (Fsp3) is 0.250. The van der Waals surface area contributed by atoms with Crippen LogP contribution in [0, 0.1) is 11.7 Å². The van der Waals surface area contributed by atoms with Gasteiger partial charge in [-0.2, -0.15) is 13.9 Å². The summed E-state index contributed by atoms with van der Waals surface area (Å²) in [4.78, 5) is 16.1. The maximum Gasteiger partial charge on any atom is 0.388 e. The average molecular weight is 420 g/mol. The molecule has 0 aliphatic carbocycles. The number of benzene rings is 1. The molecule has 10 heteroatoms. The third-order valence-corrected chi connectivity index (χ3v) is 4.23. The van der Waals surface area contributed by atoms with Crippen molar-refractivity contribution in [1.82, 2.24) is 14.8 Å². The normalized spacial score (nSPS) is 11.2. The molecule has 2 heterocycles. The summed E-state index contributed by atoms with van der Waals surface area (Å²) in [7, 11) is 1.40. The zero-order chi connectivity index (χ0) is 22.0. The fourth-order valence-corrected chi connectivity index (χ4v) is 2.81. The van der Waals surface area contributed by atoms with Gasteiger partial charge in [-0.3, -0.25) is 4.79 Å². The van der Waals surface area contributed by atoms with E-state index in [-0.39, 0.29) is 40.3 Å². The van der Waals surface area contributed by atoms with Crippen molar-refractivity contribution >= 4 is 11.7 Å². The van der Waals surface area contributed by atoms with Crippen LogP contribution in [0.25, 0.3) is 22.4 Å². The topological polar surface area (TPSA) is 89.3 Å². The van der Waals surface area contributed by atoms with Crippen molar-refractivity contribution in [3.8, 4) is 34.0 Å². The molecule has 0 aliphatic heterocycles. The maximum atomic E-state index is 13.4. The Morgan fingerprint density at radius 1 is 1.23 bits per heavy atom.